The van der Waals surface area contributed by atoms with Crippen molar-refractivity contribution in [3.63, 3.8) is 0 Å². The lowest BCUT2D eigenvalue weighted by molar-refractivity contribution is -0.141. The van der Waals surface area contributed by atoms with Gasteiger partial charge in [0.2, 0.25) is 5.91 Å². The largest absolute Gasteiger partial charge is 0.480 e. The van der Waals surface area contributed by atoms with Crippen molar-refractivity contribution in [2.75, 3.05) is 26.7 Å². The molecule has 2 atom stereocenters. The summed E-state index contributed by atoms with van der Waals surface area (Å²) in [5, 5.41) is 20.3. The number of nitrogens with zero attached hydrogens (tertiary/aromatic N) is 2. The summed E-state index contributed by atoms with van der Waals surface area (Å²) in [4.78, 5) is 37.1. The predicted molar refractivity (Wildman–Crippen MR) is 72.2 cm³/mol. The van der Waals surface area contributed by atoms with Gasteiger partial charge in [0, 0.05) is 20.1 Å². The van der Waals surface area contributed by atoms with Crippen LogP contribution in [0.15, 0.2) is 0 Å². The smallest absolute Gasteiger partial charge is 0.328 e. The van der Waals surface area contributed by atoms with Crippen molar-refractivity contribution in [3.05, 3.63) is 0 Å². The van der Waals surface area contributed by atoms with Crippen LogP contribution in [-0.2, 0) is 9.59 Å². The van der Waals surface area contributed by atoms with Crippen LogP contribution in [0.1, 0.15) is 20.8 Å². The molecule has 8 heteroatoms. The molecule has 116 valence electrons. The number of carbonyl (C=O) groups is 3. The van der Waals surface area contributed by atoms with E-state index in [-0.39, 0.29) is 12.5 Å². The van der Waals surface area contributed by atoms with E-state index >= 15 is 0 Å². The maximum Gasteiger partial charge on any atom is 0.328 e. The number of aliphatic hydroxyl groups excluding tert-OH is 1. The van der Waals surface area contributed by atoms with Gasteiger partial charge in [0.15, 0.2) is 6.04 Å². The van der Waals surface area contributed by atoms with Gasteiger partial charge in [0.25, 0.3) is 0 Å². The molecule has 0 aromatic rings. The predicted octanol–water partition coefficient (Wildman–Crippen LogP) is -0.670. The highest BCUT2D eigenvalue weighted by Crippen LogP contribution is 1.97. The van der Waals surface area contributed by atoms with Crippen molar-refractivity contribution in [3.8, 4) is 0 Å². The molecule has 0 bridgehead atoms. The average molecular weight is 289 g/mol. The molecule has 0 aromatic carbocycles. The quantitative estimate of drug-likeness (QED) is 0.576. The minimum Gasteiger partial charge on any atom is -0.480 e. The monoisotopic (exact) mass is 289 g/mol. The second-order valence-electron chi connectivity index (χ2n) is 4.43. The number of carboxylic acid groups (broad SMARTS) is 1. The van der Waals surface area contributed by atoms with E-state index in [0.29, 0.717) is 13.1 Å². The van der Waals surface area contributed by atoms with Crippen LogP contribution < -0.4 is 5.32 Å². The molecule has 0 fully saturated rings. The number of carbonyl (C=O) groups excluding carboxylic acids is 2. The van der Waals surface area contributed by atoms with Gasteiger partial charge in [0.05, 0.1) is 6.10 Å². The molecule has 0 unspecified atom stereocenters. The number of aliphatic hydroxyl groups is 1. The first-order chi connectivity index (χ1) is 9.24. The standard InChI is InChI=1S/C12H23N3O5/c1-5-15(6-2)9(17)7-14(4)12(20)13-10(8(3)16)11(18)19/h8,10,16H,5-7H2,1-4H3,(H,13,20)(H,18,19)/t8-,10+/m1/s1. The van der Waals surface area contributed by atoms with Gasteiger partial charge in [-0.1, -0.05) is 0 Å². The summed E-state index contributed by atoms with van der Waals surface area (Å²) >= 11 is 0. The topological polar surface area (TPSA) is 110 Å². The third-order valence-corrected chi connectivity index (χ3v) is 2.86. The molecule has 8 nitrogen and oxygen atoms in total. The lowest BCUT2D eigenvalue weighted by atomic mass is 10.2. The van der Waals surface area contributed by atoms with Crippen molar-refractivity contribution in [1.29, 1.82) is 0 Å². The molecule has 0 saturated carbocycles. The van der Waals surface area contributed by atoms with E-state index in [4.69, 9.17) is 5.11 Å². The number of hydrogen-bond donors (Lipinski definition) is 3. The number of urea groups is 1. The number of aliphatic carboxylic acids is 1. The molecule has 0 aliphatic carbocycles. The summed E-state index contributed by atoms with van der Waals surface area (Å²) in [6.07, 6.45) is -1.23. The summed E-state index contributed by atoms with van der Waals surface area (Å²) in [6, 6.07) is -2.13. The maximum absolute atomic E-state index is 11.8. The summed E-state index contributed by atoms with van der Waals surface area (Å²) in [5.41, 5.74) is 0. The van der Waals surface area contributed by atoms with E-state index in [1.54, 1.807) is 4.90 Å². The zero-order chi connectivity index (χ0) is 15.9. The molecular weight excluding hydrogens is 266 g/mol. The highest BCUT2D eigenvalue weighted by molar-refractivity contribution is 5.86. The third-order valence-electron chi connectivity index (χ3n) is 2.86. The van der Waals surface area contributed by atoms with Gasteiger partial charge in [-0.25, -0.2) is 9.59 Å². The summed E-state index contributed by atoms with van der Waals surface area (Å²) < 4.78 is 0. The average Bonchev–Trinajstić information content (AvgIpc) is 2.35. The Morgan fingerprint density at radius 1 is 1.20 bits per heavy atom. The molecule has 0 aromatic heterocycles. The van der Waals surface area contributed by atoms with Gasteiger partial charge < -0.3 is 25.3 Å². The van der Waals surface area contributed by atoms with Crippen LogP contribution in [0.5, 0.6) is 0 Å². The lowest BCUT2D eigenvalue weighted by Crippen LogP contribution is -2.53. The van der Waals surface area contributed by atoms with Crippen molar-refractivity contribution in [1.82, 2.24) is 15.1 Å². The van der Waals surface area contributed by atoms with E-state index in [0.717, 1.165) is 4.90 Å². The molecular formula is C12H23N3O5. The molecule has 0 saturated heterocycles. The first-order valence-electron chi connectivity index (χ1n) is 6.44. The highest BCUT2D eigenvalue weighted by atomic mass is 16.4. The number of rotatable bonds is 7. The number of hydrogen-bond acceptors (Lipinski definition) is 4. The second-order valence-corrected chi connectivity index (χ2v) is 4.43. The van der Waals surface area contributed by atoms with Crippen LogP contribution >= 0.6 is 0 Å². The zero-order valence-corrected chi connectivity index (χ0v) is 12.3. The van der Waals surface area contributed by atoms with Crippen LogP contribution in [0.4, 0.5) is 4.79 Å². The van der Waals surface area contributed by atoms with Crippen molar-refractivity contribution >= 4 is 17.9 Å². The molecule has 0 spiro atoms. The Morgan fingerprint density at radius 3 is 2.05 bits per heavy atom. The number of carboxylic acids is 1. The van der Waals surface area contributed by atoms with Gasteiger partial charge in [0.1, 0.15) is 6.54 Å². The molecule has 3 N–H and O–H groups in total. The summed E-state index contributed by atoms with van der Waals surface area (Å²) in [7, 11) is 1.39. The minimum atomic E-state index is -1.41. The zero-order valence-electron chi connectivity index (χ0n) is 12.3. The molecule has 0 heterocycles. The van der Waals surface area contributed by atoms with E-state index < -0.39 is 24.1 Å². The Bertz CT molecular complexity index is 355. The molecule has 20 heavy (non-hydrogen) atoms. The highest BCUT2D eigenvalue weighted by Gasteiger charge is 2.27. The molecule has 3 amide bonds. The van der Waals surface area contributed by atoms with Gasteiger partial charge in [-0.05, 0) is 20.8 Å². The first kappa shape index (κ1) is 18.2. The molecule has 0 aliphatic rings. The van der Waals surface area contributed by atoms with E-state index in [2.05, 4.69) is 5.32 Å². The maximum atomic E-state index is 11.8. The fraction of sp³-hybridized carbons (Fsp3) is 0.750. The fourth-order valence-electron chi connectivity index (χ4n) is 1.58. The van der Waals surface area contributed by atoms with E-state index in [1.165, 1.54) is 14.0 Å². The Hall–Kier alpha value is -1.83. The van der Waals surface area contributed by atoms with Crippen molar-refractivity contribution < 1.29 is 24.6 Å². The van der Waals surface area contributed by atoms with Crippen molar-refractivity contribution in [2.24, 2.45) is 0 Å². The molecule has 0 aliphatic heterocycles. The minimum absolute atomic E-state index is 0.153. The Balaban J connectivity index is 4.55. The van der Waals surface area contributed by atoms with Crippen LogP contribution in [0.3, 0.4) is 0 Å². The molecule has 0 rings (SSSR count). The Morgan fingerprint density at radius 2 is 1.70 bits per heavy atom. The normalized spacial score (nSPS) is 13.2. The van der Waals surface area contributed by atoms with Crippen LogP contribution in [0, 0.1) is 0 Å². The van der Waals surface area contributed by atoms with Gasteiger partial charge in [-0.3, -0.25) is 4.79 Å². The number of likely N-dealkylation sites (N-methyl/N-ethyl adjacent to an activating group) is 2. The fourth-order valence-corrected chi connectivity index (χ4v) is 1.58. The van der Waals surface area contributed by atoms with E-state index in [1.807, 2.05) is 13.8 Å². The van der Waals surface area contributed by atoms with Crippen molar-refractivity contribution in [2.45, 2.75) is 32.9 Å². The van der Waals surface area contributed by atoms with Gasteiger partial charge in [-0.2, -0.15) is 0 Å². The SMILES string of the molecule is CCN(CC)C(=O)CN(C)C(=O)N[C@H](C(=O)O)[C@@H](C)O. The van der Waals surface area contributed by atoms with Gasteiger partial charge >= 0.3 is 12.0 Å². The van der Waals surface area contributed by atoms with E-state index in [9.17, 15) is 19.5 Å². The summed E-state index contributed by atoms with van der Waals surface area (Å²) in [6.45, 7) is 5.84. The Kier molecular flexibility index (Phi) is 7.60. The summed E-state index contributed by atoms with van der Waals surface area (Å²) in [5.74, 6) is -1.56. The van der Waals surface area contributed by atoms with Crippen LogP contribution in [-0.4, -0.2) is 76.7 Å². The first-order valence-corrected chi connectivity index (χ1v) is 6.44. The van der Waals surface area contributed by atoms with Gasteiger partial charge in [-0.15, -0.1) is 0 Å². The third kappa shape index (κ3) is 5.43. The lowest BCUT2D eigenvalue weighted by Gasteiger charge is -2.25. The van der Waals surface area contributed by atoms with Crippen LogP contribution in [0.2, 0.25) is 0 Å². The number of nitrogens with one attached hydrogen (secondary N) is 1. The van der Waals surface area contributed by atoms with Crippen LogP contribution in [0.25, 0.3) is 0 Å². The second kappa shape index (κ2) is 8.36. The molecule has 0 radical (unpaired) electrons. The number of amides is 3. The Labute approximate surface area is 118 Å².